The molecule has 0 aliphatic heterocycles. The third-order valence-corrected chi connectivity index (χ3v) is 6.67. The van der Waals surface area contributed by atoms with E-state index in [1.54, 1.807) is 13.8 Å². The molecule has 1 amide bonds. The Morgan fingerprint density at radius 2 is 1.85 bits per heavy atom. The minimum absolute atomic E-state index is 0.0641. The number of hydrogen-bond donors (Lipinski definition) is 1. The van der Waals surface area contributed by atoms with Gasteiger partial charge in [0.05, 0.1) is 10.5 Å². The van der Waals surface area contributed by atoms with Crippen LogP contribution in [0, 0.1) is 11.7 Å². The summed E-state index contributed by atoms with van der Waals surface area (Å²) in [6.07, 6.45) is 4.11. The Morgan fingerprint density at radius 3 is 2.38 bits per heavy atom. The first kappa shape index (κ1) is 22.6. The number of sulfonamides is 1. The summed E-state index contributed by atoms with van der Waals surface area (Å²) in [4.78, 5) is 12.3. The molecule has 0 aliphatic rings. The Bertz CT molecular complexity index is 688. The molecule has 1 aromatic carbocycles. The standard InChI is InChI=1S/C19H31FN2O3S/c1-5-9-10-15(6-2)14-21-19(23)17-13-16(11-12-18(17)20)26(24,25)22(7-3)8-4/h11-13,15H,5-10,14H2,1-4H3,(H,21,23). The summed E-state index contributed by atoms with van der Waals surface area (Å²) < 4.78 is 40.6. The first-order chi connectivity index (χ1) is 12.3. The molecule has 0 heterocycles. The molecule has 0 fully saturated rings. The van der Waals surface area contributed by atoms with E-state index in [0.29, 0.717) is 25.6 Å². The smallest absolute Gasteiger partial charge is 0.254 e. The molecule has 7 heteroatoms. The van der Waals surface area contributed by atoms with Gasteiger partial charge < -0.3 is 5.32 Å². The van der Waals surface area contributed by atoms with Crippen LogP contribution in [0.1, 0.15) is 63.7 Å². The molecule has 0 saturated carbocycles. The molecule has 1 rings (SSSR count). The predicted molar refractivity (Wildman–Crippen MR) is 102 cm³/mol. The van der Waals surface area contributed by atoms with Crippen molar-refractivity contribution in [3.63, 3.8) is 0 Å². The van der Waals surface area contributed by atoms with E-state index in [-0.39, 0.29) is 10.5 Å². The molecule has 0 saturated heterocycles. The molecule has 0 aromatic heterocycles. The van der Waals surface area contributed by atoms with Crippen LogP contribution >= 0.6 is 0 Å². The van der Waals surface area contributed by atoms with Gasteiger partial charge in [0.2, 0.25) is 10.0 Å². The lowest BCUT2D eigenvalue weighted by molar-refractivity contribution is 0.0941. The zero-order chi connectivity index (χ0) is 19.7. The molecule has 5 nitrogen and oxygen atoms in total. The topological polar surface area (TPSA) is 66.5 Å². The molecule has 26 heavy (non-hydrogen) atoms. The second-order valence-corrected chi connectivity index (χ2v) is 8.30. The van der Waals surface area contributed by atoms with Gasteiger partial charge in [-0.3, -0.25) is 4.79 Å². The van der Waals surface area contributed by atoms with Gasteiger partial charge in [-0.25, -0.2) is 12.8 Å². The number of rotatable bonds is 11. The highest BCUT2D eigenvalue weighted by Gasteiger charge is 2.24. The van der Waals surface area contributed by atoms with Gasteiger partial charge in [-0.1, -0.05) is 47.0 Å². The average molecular weight is 387 g/mol. The van der Waals surface area contributed by atoms with E-state index in [1.165, 1.54) is 10.4 Å². The summed E-state index contributed by atoms with van der Waals surface area (Å²) in [5.41, 5.74) is -0.233. The molecule has 0 radical (unpaired) electrons. The van der Waals surface area contributed by atoms with Crippen LogP contribution in [0.5, 0.6) is 0 Å². The van der Waals surface area contributed by atoms with Crippen molar-refractivity contribution in [2.24, 2.45) is 5.92 Å². The number of unbranched alkanes of at least 4 members (excludes halogenated alkanes) is 1. The molecule has 0 bridgehead atoms. The number of amides is 1. The maximum absolute atomic E-state index is 14.1. The highest BCUT2D eigenvalue weighted by Crippen LogP contribution is 2.19. The largest absolute Gasteiger partial charge is 0.352 e. The van der Waals surface area contributed by atoms with Crippen LogP contribution in [0.4, 0.5) is 4.39 Å². The van der Waals surface area contributed by atoms with E-state index in [1.807, 2.05) is 0 Å². The molecular formula is C19H31FN2O3S. The minimum atomic E-state index is -3.74. The van der Waals surface area contributed by atoms with Gasteiger partial charge in [-0.15, -0.1) is 0 Å². The summed E-state index contributed by atoms with van der Waals surface area (Å²) in [5, 5.41) is 2.75. The van der Waals surface area contributed by atoms with Crippen LogP contribution in [0.3, 0.4) is 0 Å². The normalized spacial score (nSPS) is 13.0. The van der Waals surface area contributed by atoms with Crippen molar-refractivity contribution in [1.82, 2.24) is 9.62 Å². The maximum atomic E-state index is 14.1. The van der Waals surface area contributed by atoms with Crippen molar-refractivity contribution < 1.29 is 17.6 Å². The van der Waals surface area contributed by atoms with Crippen LogP contribution < -0.4 is 5.32 Å². The van der Waals surface area contributed by atoms with E-state index in [0.717, 1.165) is 37.8 Å². The first-order valence-electron chi connectivity index (χ1n) is 9.39. The van der Waals surface area contributed by atoms with E-state index in [2.05, 4.69) is 19.2 Å². The van der Waals surface area contributed by atoms with E-state index < -0.39 is 21.7 Å². The molecule has 1 N–H and O–H groups in total. The van der Waals surface area contributed by atoms with Gasteiger partial charge in [0, 0.05) is 19.6 Å². The van der Waals surface area contributed by atoms with Crippen molar-refractivity contribution >= 4 is 15.9 Å². The fourth-order valence-electron chi connectivity index (χ4n) is 2.83. The lowest BCUT2D eigenvalue weighted by Gasteiger charge is -2.19. The Morgan fingerprint density at radius 1 is 1.19 bits per heavy atom. The SMILES string of the molecule is CCCCC(CC)CNC(=O)c1cc(S(=O)(=O)N(CC)CC)ccc1F. The molecule has 1 atom stereocenters. The van der Waals surface area contributed by atoms with Crippen LogP contribution in [-0.2, 0) is 10.0 Å². The second kappa shape index (κ2) is 10.6. The van der Waals surface area contributed by atoms with E-state index in [4.69, 9.17) is 0 Å². The first-order valence-corrected chi connectivity index (χ1v) is 10.8. The van der Waals surface area contributed by atoms with Crippen LogP contribution in [-0.4, -0.2) is 38.3 Å². The van der Waals surface area contributed by atoms with Gasteiger partial charge >= 0.3 is 0 Å². The predicted octanol–water partition coefficient (Wildman–Crippen LogP) is 3.80. The van der Waals surface area contributed by atoms with Crippen LogP contribution in [0.25, 0.3) is 0 Å². The molecular weight excluding hydrogens is 355 g/mol. The van der Waals surface area contributed by atoms with E-state index >= 15 is 0 Å². The quantitative estimate of drug-likeness (QED) is 0.629. The fourth-order valence-corrected chi connectivity index (χ4v) is 4.31. The minimum Gasteiger partial charge on any atom is -0.352 e. The van der Waals surface area contributed by atoms with Gasteiger partial charge in [-0.05, 0) is 30.5 Å². The van der Waals surface area contributed by atoms with Crippen molar-refractivity contribution in [1.29, 1.82) is 0 Å². The number of hydrogen-bond acceptors (Lipinski definition) is 3. The number of carbonyl (C=O) groups excluding carboxylic acids is 1. The third kappa shape index (κ3) is 5.77. The summed E-state index contributed by atoms with van der Waals surface area (Å²) in [5.74, 6) is -0.957. The lowest BCUT2D eigenvalue weighted by Crippen LogP contribution is -2.32. The van der Waals surface area contributed by atoms with Gasteiger partial charge in [0.25, 0.3) is 5.91 Å². The highest BCUT2D eigenvalue weighted by molar-refractivity contribution is 7.89. The summed E-state index contributed by atoms with van der Waals surface area (Å²) in [6, 6.07) is 3.38. The van der Waals surface area contributed by atoms with Crippen molar-refractivity contribution in [2.45, 2.75) is 58.3 Å². The molecule has 0 aliphatic carbocycles. The second-order valence-electron chi connectivity index (χ2n) is 6.36. The van der Waals surface area contributed by atoms with Gasteiger partial charge in [-0.2, -0.15) is 4.31 Å². The Hall–Kier alpha value is -1.47. The Labute approximate surface area is 157 Å². The third-order valence-electron chi connectivity index (χ3n) is 4.62. The number of nitrogens with one attached hydrogen (secondary N) is 1. The molecule has 148 valence electrons. The zero-order valence-corrected chi connectivity index (χ0v) is 17.0. The highest BCUT2D eigenvalue weighted by atomic mass is 32.2. The van der Waals surface area contributed by atoms with Crippen molar-refractivity contribution in [2.75, 3.05) is 19.6 Å². The fraction of sp³-hybridized carbons (Fsp3) is 0.632. The van der Waals surface area contributed by atoms with Crippen LogP contribution in [0.2, 0.25) is 0 Å². The number of nitrogens with zero attached hydrogens (tertiary/aromatic N) is 1. The monoisotopic (exact) mass is 386 g/mol. The van der Waals surface area contributed by atoms with Crippen molar-refractivity contribution in [3.05, 3.63) is 29.6 Å². The zero-order valence-electron chi connectivity index (χ0n) is 16.2. The average Bonchev–Trinajstić information content (AvgIpc) is 2.62. The Kier molecular flexibility index (Phi) is 9.22. The summed E-state index contributed by atoms with van der Waals surface area (Å²) in [6.45, 7) is 8.73. The van der Waals surface area contributed by atoms with E-state index in [9.17, 15) is 17.6 Å². The molecule has 0 spiro atoms. The van der Waals surface area contributed by atoms with Gasteiger partial charge in [0.15, 0.2) is 0 Å². The molecule has 1 unspecified atom stereocenters. The number of carbonyl (C=O) groups is 1. The lowest BCUT2D eigenvalue weighted by atomic mass is 9.99. The number of halogens is 1. The summed E-state index contributed by atoms with van der Waals surface area (Å²) >= 11 is 0. The summed E-state index contributed by atoms with van der Waals surface area (Å²) in [7, 11) is -3.74. The van der Waals surface area contributed by atoms with Gasteiger partial charge in [0.1, 0.15) is 5.82 Å². The maximum Gasteiger partial charge on any atom is 0.254 e. The van der Waals surface area contributed by atoms with Crippen LogP contribution in [0.15, 0.2) is 23.1 Å². The number of benzene rings is 1. The van der Waals surface area contributed by atoms with Crippen molar-refractivity contribution in [3.8, 4) is 0 Å². The molecule has 1 aromatic rings. The Balaban J connectivity index is 2.98.